The first-order valence-corrected chi connectivity index (χ1v) is 4.16. The molecular formula is C7H6INO3. The maximum absolute atomic E-state index is 10.5. The first kappa shape index (κ1) is 9.11. The number of hydrogen-bond donors (Lipinski definition) is 3. The van der Waals surface area contributed by atoms with E-state index in [0.717, 1.165) is 0 Å². The van der Waals surface area contributed by atoms with Crippen molar-refractivity contribution in [3.8, 4) is 5.75 Å². The fraction of sp³-hybridized carbons (Fsp3) is 0. The third-order valence-electron chi connectivity index (χ3n) is 1.34. The summed E-state index contributed by atoms with van der Waals surface area (Å²) >= 11 is 1.88. The molecule has 5 heteroatoms. The smallest absolute Gasteiger partial charge is 0.339 e. The zero-order chi connectivity index (χ0) is 9.14. The van der Waals surface area contributed by atoms with Gasteiger partial charge in [0.05, 0.1) is 22.9 Å². The van der Waals surface area contributed by atoms with Crippen molar-refractivity contribution >= 4 is 34.5 Å². The highest BCUT2D eigenvalue weighted by molar-refractivity contribution is 14.1. The fourth-order valence-electron chi connectivity index (χ4n) is 0.766. The Balaban J connectivity index is 3.17. The zero-order valence-corrected chi connectivity index (χ0v) is 8.07. The van der Waals surface area contributed by atoms with E-state index in [4.69, 9.17) is 10.2 Å². The highest BCUT2D eigenvalue weighted by atomic mass is 127. The summed E-state index contributed by atoms with van der Waals surface area (Å²) in [5.74, 6) is -1.36. The molecule has 0 aliphatic carbocycles. The van der Waals surface area contributed by atoms with Crippen LogP contribution >= 0.6 is 22.9 Å². The van der Waals surface area contributed by atoms with Gasteiger partial charge in [0.15, 0.2) is 0 Å². The summed E-state index contributed by atoms with van der Waals surface area (Å²) in [4.78, 5) is 10.5. The van der Waals surface area contributed by atoms with Crippen LogP contribution in [0.15, 0.2) is 18.2 Å². The Morgan fingerprint density at radius 3 is 2.67 bits per heavy atom. The average molecular weight is 279 g/mol. The van der Waals surface area contributed by atoms with E-state index in [0.29, 0.717) is 5.69 Å². The van der Waals surface area contributed by atoms with E-state index in [1.165, 1.54) is 12.1 Å². The molecule has 0 aromatic heterocycles. The molecule has 0 aliphatic heterocycles. The Bertz CT molecular complexity index is 314. The second-order valence-corrected chi connectivity index (χ2v) is 2.67. The summed E-state index contributed by atoms with van der Waals surface area (Å²) in [6, 6.07) is 4.29. The number of hydrogen-bond acceptors (Lipinski definition) is 3. The van der Waals surface area contributed by atoms with Gasteiger partial charge >= 0.3 is 5.97 Å². The number of carboxylic acid groups (broad SMARTS) is 1. The third-order valence-corrected chi connectivity index (χ3v) is 1.96. The Hall–Kier alpha value is -0.980. The van der Waals surface area contributed by atoms with Gasteiger partial charge in [-0.25, -0.2) is 4.79 Å². The molecule has 0 unspecified atom stereocenters. The van der Waals surface area contributed by atoms with E-state index >= 15 is 0 Å². The zero-order valence-electron chi connectivity index (χ0n) is 5.91. The maximum Gasteiger partial charge on any atom is 0.339 e. The molecule has 12 heavy (non-hydrogen) atoms. The number of aromatic hydroxyl groups is 1. The van der Waals surface area contributed by atoms with Crippen LogP contribution in [0.25, 0.3) is 0 Å². The van der Waals surface area contributed by atoms with Crippen LogP contribution in [0.4, 0.5) is 5.69 Å². The van der Waals surface area contributed by atoms with Crippen molar-refractivity contribution in [3.63, 3.8) is 0 Å². The molecule has 0 amide bonds. The number of aromatic carboxylic acids is 1. The largest absolute Gasteiger partial charge is 0.507 e. The minimum absolute atomic E-state index is 0.100. The normalized spacial score (nSPS) is 9.42. The van der Waals surface area contributed by atoms with Gasteiger partial charge in [-0.3, -0.25) is 0 Å². The minimum Gasteiger partial charge on any atom is -0.507 e. The lowest BCUT2D eigenvalue weighted by Crippen LogP contribution is -1.97. The topological polar surface area (TPSA) is 69.6 Å². The van der Waals surface area contributed by atoms with Crippen LogP contribution in [-0.4, -0.2) is 16.2 Å². The van der Waals surface area contributed by atoms with E-state index in [9.17, 15) is 4.79 Å². The average Bonchev–Trinajstić information content (AvgIpc) is 2.05. The quantitative estimate of drug-likeness (QED) is 0.439. The van der Waals surface area contributed by atoms with Crippen LogP contribution in [0.5, 0.6) is 5.75 Å². The molecule has 0 radical (unpaired) electrons. The number of phenols is 1. The summed E-state index contributed by atoms with van der Waals surface area (Å²) in [6.45, 7) is 0. The van der Waals surface area contributed by atoms with Crippen molar-refractivity contribution in [1.29, 1.82) is 0 Å². The molecule has 0 saturated carbocycles. The molecule has 0 atom stereocenters. The van der Waals surface area contributed by atoms with Crippen molar-refractivity contribution in [2.24, 2.45) is 0 Å². The summed E-state index contributed by atoms with van der Waals surface area (Å²) in [5.41, 5.74) is 0.544. The summed E-state index contributed by atoms with van der Waals surface area (Å²) < 4.78 is 2.74. The molecule has 4 nitrogen and oxygen atoms in total. The van der Waals surface area contributed by atoms with E-state index in [1.54, 1.807) is 6.07 Å². The first-order valence-electron chi connectivity index (χ1n) is 3.08. The molecule has 0 spiro atoms. The minimum atomic E-state index is -1.14. The van der Waals surface area contributed by atoms with Gasteiger partial charge in [-0.2, -0.15) is 0 Å². The first-order chi connectivity index (χ1) is 5.65. The molecule has 1 aromatic carbocycles. The number of rotatable bonds is 2. The molecular weight excluding hydrogens is 273 g/mol. The van der Waals surface area contributed by atoms with Crippen LogP contribution in [0.3, 0.4) is 0 Å². The number of anilines is 1. The van der Waals surface area contributed by atoms with Gasteiger partial charge < -0.3 is 13.7 Å². The number of benzene rings is 1. The van der Waals surface area contributed by atoms with Gasteiger partial charge in [-0.05, 0) is 18.2 Å². The van der Waals surface area contributed by atoms with Crippen LogP contribution in [0, 0.1) is 0 Å². The van der Waals surface area contributed by atoms with E-state index in [-0.39, 0.29) is 11.3 Å². The van der Waals surface area contributed by atoms with Crippen molar-refractivity contribution in [3.05, 3.63) is 23.8 Å². The molecule has 0 aliphatic rings. The summed E-state index contributed by atoms with van der Waals surface area (Å²) in [6.07, 6.45) is 0. The Morgan fingerprint density at radius 2 is 2.17 bits per heavy atom. The lowest BCUT2D eigenvalue weighted by atomic mass is 10.2. The number of nitrogens with one attached hydrogen (secondary N) is 1. The van der Waals surface area contributed by atoms with Gasteiger partial charge in [-0.1, -0.05) is 0 Å². The van der Waals surface area contributed by atoms with Crippen molar-refractivity contribution < 1.29 is 15.0 Å². The Morgan fingerprint density at radius 1 is 1.50 bits per heavy atom. The lowest BCUT2D eigenvalue weighted by Gasteiger charge is -2.01. The van der Waals surface area contributed by atoms with Gasteiger partial charge in [0.2, 0.25) is 0 Å². The van der Waals surface area contributed by atoms with Crippen molar-refractivity contribution in [2.45, 2.75) is 0 Å². The van der Waals surface area contributed by atoms with Gasteiger partial charge in [0.25, 0.3) is 0 Å². The van der Waals surface area contributed by atoms with Gasteiger partial charge in [-0.15, -0.1) is 0 Å². The molecule has 0 heterocycles. The second-order valence-electron chi connectivity index (χ2n) is 2.13. The maximum atomic E-state index is 10.5. The SMILES string of the molecule is O=C(O)c1cc(NI)ccc1O. The predicted molar refractivity (Wildman–Crippen MR) is 52.7 cm³/mol. The summed E-state index contributed by atoms with van der Waals surface area (Å²) in [7, 11) is 0. The monoisotopic (exact) mass is 279 g/mol. The molecule has 0 saturated heterocycles. The highest BCUT2D eigenvalue weighted by Gasteiger charge is 2.09. The number of carboxylic acids is 1. The molecule has 64 valence electrons. The van der Waals surface area contributed by atoms with Crippen LogP contribution in [-0.2, 0) is 0 Å². The van der Waals surface area contributed by atoms with Crippen LogP contribution < -0.4 is 3.53 Å². The van der Waals surface area contributed by atoms with E-state index in [1.807, 2.05) is 22.9 Å². The predicted octanol–water partition coefficient (Wildman–Crippen LogP) is 1.85. The Labute approximate surface area is 82.7 Å². The molecule has 3 N–H and O–H groups in total. The van der Waals surface area contributed by atoms with Crippen molar-refractivity contribution in [1.82, 2.24) is 0 Å². The third kappa shape index (κ3) is 1.79. The fourth-order valence-corrected chi connectivity index (χ4v) is 1.10. The molecule has 0 fully saturated rings. The molecule has 0 bridgehead atoms. The molecule has 1 rings (SSSR count). The van der Waals surface area contributed by atoms with Crippen LogP contribution in [0.2, 0.25) is 0 Å². The van der Waals surface area contributed by atoms with Crippen molar-refractivity contribution in [2.75, 3.05) is 3.53 Å². The molecule has 1 aromatic rings. The highest BCUT2D eigenvalue weighted by Crippen LogP contribution is 2.21. The summed E-state index contributed by atoms with van der Waals surface area (Å²) in [5, 5.41) is 17.7. The van der Waals surface area contributed by atoms with Gasteiger partial charge in [0, 0.05) is 5.69 Å². The van der Waals surface area contributed by atoms with Gasteiger partial charge in [0.1, 0.15) is 11.3 Å². The second kappa shape index (κ2) is 3.61. The van der Waals surface area contributed by atoms with E-state index in [2.05, 4.69) is 3.53 Å². The number of carbonyl (C=O) groups is 1. The Kier molecular flexibility index (Phi) is 2.74. The van der Waals surface area contributed by atoms with Crippen LogP contribution in [0.1, 0.15) is 10.4 Å². The lowest BCUT2D eigenvalue weighted by molar-refractivity contribution is 0.0694. The standard InChI is InChI=1S/C7H6INO3/c8-9-4-1-2-6(10)5(3-4)7(11)12/h1-3,9-10H,(H,11,12). The number of halogens is 1. The van der Waals surface area contributed by atoms with E-state index < -0.39 is 5.97 Å².